The van der Waals surface area contributed by atoms with Gasteiger partial charge in [0.2, 0.25) is 0 Å². The van der Waals surface area contributed by atoms with E-state index in [-0.39, 0.29) is 0 Å². The Morgan fingerprint density at radius 3 is 2.62 bits per heavy atom. The van der Waals surface area contributed by atoms with Gasteiger partial charge in [0.1, 0.15) is 11.5 Å². The lowest BCUT2D eigenvalue weighted by atomic mass is 10.1. The average molecular weight is 460 g/mol. The Morgan fingerprint density at radius 1 is 1.09 bits per heavy atom. The van der Waals surface area contributed by atoms with Crippen molar-refractivity contribution in [3.05, 3.63) is 54.6 Å². The van der Waals surface area contributed by atoms with E-state index in [0.717, 1.165) is 73.7 Å². The van der Waals surface area contributed by atoms with Crippen molar-refractivity contribution in [1.29, 1.82) is 0 Å². The van der Waals surface area contributed by atoms with Gasteiger partial charge in [-0.05, 0) is 62.1 Å². The smallest absolute Gasteiger partial charge is 0.145 e. The number of piperidine rings is 1. The van der Waals surface area contributed by atoms with Gasteiger partial charge in [0, 0.05) is 63.8 Å². The Morgan fingerprint density at radius 2 is 1.94 bits per heavy atom. The van der Waals surface area contributed by atoms with Gasteiger partial charge in [-0.1, -0.05) is 0 Å². The van der Waals surface area contributed by atoms with E-state index in [1.54, 1.807) is 0 Å². The van der Waals surface area contributed by atoms with Crippen molar-refractivity contribution in [2.45, 2.75) is 31.8 Å². The molecule has 1 N–H and O–H groups in total. The molecule has 1 aliphatic rings. The minimum absolute atomic E-state index is 0.429. The van der Waals surface area contributed by atoms with Crippen LogP contribution in [0.3, 0.4) is 0 Å². The lowest BCUT2D eigenvalue weighted by molar-refractivity contribution is 0.0409. The highest BCUT2D eigenvalue weighted by Crippen LogP contribution is 2.28. The molecule has 5 heterocycles. The van der Waals surface area contributed by atoms with E-state index in [9.17, 15) is 0 Å². The summed E-state index contributed by atoms with van der Waals surface area (Å²) < 4.78 is 9.51. The second kappa shape index (κ2) is 9.95. The molecule has 4 aromatic rings. The van der Waals surface area contributed by atoms with Crippen LogP contribution in [0.25, 0.3) is 28.0 Å². The maximum absolute atomic E-state index is 5.51. The SMILES string of the molecule is CNc1ccc(-c2ccc3c(CCCN4CCC(OC)CC4)cn(-c4cnn(C)c4)c3n2)cn1. The molecule has 8 nitrogen and oxygen atoms in total. The molecule has 0 unspecified atom stereocenters. The van der Waals surface area contributed by atoms with Crippen LogP contribution in [0.4, 0.5) is 5.82 Å². The largest absolute Gasteiger partial charge is 0.381 e. The van der Waals surface area contributed by atoms with Crippen LogP contribution in [0.15, 0.2) is 49.1 Å². The molecule has 0 spiro atoms. The molecule has 0 aliphatic carbocycles. The van der Waals surface area contributed by atoms with Crippen molar-refractivity contribution in [1.82, 2.24) is 29.2 Å². The Balaban J connectivity index is 1.40. The number of nitrogens with one attached hydrogen (secondary N) is 1. The molecule has 0 radical (unpaired) electrons. The number of hydrogen-bond acceptors (Lipinski definition) is 6. The molecular formula is C26H33N7O. The topological polar surface area (TPSA) is 73.0 Å². The fraction of sp³-hybridized carbons (Fsp3) is 0.423. The zero-order valence-corrected chi connectivity index (χ0v) is 20.2. The zero-order chi connectivity index (χ0) is 23.5. The quantitative estimate of drug-likeness (QED) is 0.431. The van der Waals surface area contributed by atoms with E-state index in [2.05, 4.69) is 49.3 Å². The molecule has 0 aromatic carbocycles. The monoisotopic (exact) mass is 459 g/mol. The van der Waals surface area contributed by atoms with Crippen molar-refractivity contribution in [3.63, 3.8) is 0 Å². The Bertz CT molecular complexity index is 1240. The third-order valence-electron chi connectivity index (χ3n) is 6.81. The standard InChI is InChI=1S/C26H33N7O/c1-27-25-9-6-19(15-28-25)24-8-7-23-20(5-4-12-32-13-10-22(34-3)11-14-32)17-33(26(23)30-24)21-16-29-31(2)18-21/h6-9,15-18,22H,4-5,10-14H2,1-3H3,(H,27,28). The van der Waals surface area contributed by atoms with Gasteiger partial charge in [-0.15, -0.1) is 0 Å². The highest BCUT2D eigenvalue weighted by Gasteiger charge is 2.19. The minimum Gasteiger partial charge on any atom is -0.381 e. The number of rotatable bonds is 8. The molecule has 0 amide bonds. The molecule has 1 aliphatic heterocycles. The minimum atomic E-state index is 0.429. The molecule has 0 bridgehead atoms. The van der Waals surface area contributed by atoms with Crippen molar-refractivity contribution < 1.29 is 4.74 Å². The maximum atomic E-state index is 5.51. The summed E-state index contributed by atoms with van der Waals surface area (Å²) >= 11 is 0. The van der Waals surface area contributed by atoms with Crippen LogP contribution in [0.2, 0.25) is 0 Å². The van der Waals surface area contributed by atoms with Crippen LogP contribution in [0.1, 0.15) is 24.8 Å². The number of ether oxygens (including phenoxy) is 1. The third kappa shape index (κ3) is 4.69. The summed E-state index contributed by atoms with van der Waals surface area (Å²) in [7, 11) is 5.64. The number of hydrogen-bond donors (Lipinski definition) is 1. The summed E-state index contributed by atoms with van der Waals surface area (Å²) in [5, 5.41) is 8.64. The van der Waals surface area contributed by atoms with Crippen LogP contribution in [0.5, 0.6) is 0 Å². The summed E-state index contributed by atoms with van der Waals surface area (Å²) in [4.78, 5) is 12.1. The number of anilines is 1. The number of pyridine rings is 2. The van der Waals surface area contributed by atoms with E-state index in [1.165, 1.54) is 10.9 Å². The molecule has 4 aromatic heterocycles. The van der Waals surface area contributed by atoms with Crippen LogP contribution in [-0.2, 0) is 18.2 Å². The van der Waals surface area contributed by atoms with Crippen molar-refractivity contribution in [2.75, 3.05) is 39.1 Å². The van der Waals surface area contributed by atoms with Crippen LogP contribution in [0, 0.1) is 0 Å². The lowest BCUT2D eigenvalue weighted by Crippen LogP contribution is -2.37. The molecule has 8 heteroatoms. The predicted octanol–water partition coefficient (Wildman–Crippen LogP) is 3.91. The van der Waals surface area contributed by atoms with Gasteiger partial charge >= 0.3 is 0 Å². The molecule has 0 atom stereocenters. The van der Waals surface area contributed by atoms with Gasteiger partial charge in [0.15, 0.2) is 0 Å². The lowest BCUT2D eigenvalue weighted by Gasteiger charge is -2.31. The average Bonchev–Trinajstić information content (AvgIpc) is 3.47. The second-order valence-electron chi connectivity index (χ2n) is 9.03. The first-order chi connectivity index (χ1) is 16.6. The van der Waals surface area contributed by atoms with Gasteiger partial charge in [-0.3, -0.25) is 9.25 Å². The number of methoxy groups -OCH3 is 1. The van der Waals surface area contributed by atoms with Gasteiger partial charge in [0.25, 0.3) is 0 Å². The fourth-order valence-electron chi connectivity index (χ4n) is 4.81. The summed E-state index contributed by atoms with van der Waals surface area (Å²) in [6, 6.07) is 8.33. The Labute approximate surface area is 200 Å². The molecule has 1 saturated heterocycles. The Hall–Kier alpha value is -3.23. The van der Waals surface area contributed by atoms with Crippen molar-refractivity contribution in [2.24, 2.45) is 7.05 Å². The maximum Gasteiger partial charge on any atom is 0.145 e. The van der Waals surface area contributed by atoms with Crippen LogP contribution < -0.4 is 5.32 Å². The Kier molecular flexibility index (Phi) is 6.60. The number of aryl methyl sites for hydroxylation is 2. The van der Waals surface area contributed by atoms with Crippen molar-refractivity contribution in [3.8, 4) is 16.9 Å². The van der Waals surface area contributed by atoms with Gasteiger partial charge < -0.3 is 15.0 Å². The molecule has 0 saturated carbocycles. The molecule has 1 fully saturated rings. The van der Waals surface area contributed by atoms with Crippen LogP contribution >= 0.6 is 0 Å². The molecule has 178 valence electrons. The van der Waals surface area contributed by atoms with E-state index >= 15 is 0 Å². The fourth-order valence-corrected chi connectivity index (χ4v) is 4.81. The van der Waals surface area contributed by atoms with E-state index in [0.29, 0.717) is 6.10 Å². The van der Waals surface area contributed by atoms with Crippen LogP contribution in [-0.4, -0.2) is 69.1 Å². The first-order valence-electron chi connectivity index (χ1n) is 12.0. The highest BCUT2D eigenvalue weighted by atomic mass is 16.5. The molecule has 34 heavy (non-hydrogen) atoms. The van der Waals surface area contributed by atoms with Crippen molar-refractivity contribution >= 4 is 16.9 Å². The summed E-state index contributed by atoms with van der Waals surface area (Å²) in [5.41, 5.74) is 5.22. The first kappa shape index (κ1) is 22.6. The van der Waals surface area contributed by atoms with Gasteiger partial charge in [-0.25, -0.2) is 9.97 Å². The molecular weight excluding hydrogens is 426 g/mol. The number of nitrogens with zero attached hydrogens (tertiary/aromatic N) is 6. The van der Waals surface area contributed by atoms with E-state index in [1.807, 2.05) is 50.5 Å². The summed E-state index contributed by atoms with van der Waals surface area (Å²) in [5.74, 6) is 0.845. The first-order valence-corrected chi connectivity index (χ1v) is 12.0. The van der Waals surface area contributed by atoms with Gasteiger partial charge in [0.05, 0.1) is 23.7 Å². The number of likely N-dealkylation sites (tertiary alicyclic amines) is 1. The summed E-state index contributed by atoms with van der Waals surface area (Å²) in [6.07, 6.45) is 12.9. The van der Waals surface area contributed by atoms with E-state index < -0.39 is 0 Å². The third-order valence-corrected chi connectivity index (χ3v) is 6.81. The summed E-state index contributed by atoms with van der Waals surface area (Å²) in [6.45, 7) is 3.37. The number of fused-ring (bicyclic) bond motifs is 1. The zero-order valence-electron chi connectivity index (χ0n) is 20.2. The predicted molar refractivity (Wildman–Crippen MR) is 135 cm³/mol. The van der Waals surface area contributed by atoms with E-state index in [4.69, 9.17) is 9.72 Å². The second-order valence-corrected chi connectivity index (χ2v) is 9.03. The normalized spacial score (nSPS) is 15.3. The molecule has 5 rings (SSSR count). The highest BCUT2D eigenvalue weighted by molar-refractivity contribution is 5.84. The van der Waals surface area contributed by atoms with Gasteiger partial charge in [-0.2, -0.15) is 5.10 Å². The number of aromatic nitrogens is 5.